The summed E-state index contributed by atoms with van der Waals surface area (Å²) in [6.07, 6.45) is 23.4. The summed E-state index contributed by atoms with van der Waals surface area (Å²) in [6.45, 7) is 22.3. The van der Waals surface area contributed by atoms with Crippen molar-refractivity contribution in [2.75, 3.05) is 224 Å². The Morgan fingerprint density at radius 3 is 1.08 bits per heavy atom. The minimum Gasteiger partial charge on any atom is -0.493 e. The molecular weight excluding hydrogens is 1560 g/mol. The highest BCUT2D eigenvalue weighted by atomic mass is 16.5. The zero-order valence-corrected chi connectivity index (χ0v) is 78.7. The minimum absolute atomic E-state index is 0.0124. The summed E-state index contributed by atoms with van der Waals surface area (Å²) in [7, 11) is 26.4. The van der Waals surface area contributed by atoms with Crippen molar-refractivity contribution in [2.24, 2.45) is 5.73 Å². The number of nitrogens with zero attached hydrogens (tertiary/aromatic N) is 13. The molecule has 0 unspecified atom stereocenters. The van der Waals surface area contributed by atoms with E-state index in [0.29, 0.717) is 48.9 Å². The molecule has 4 aromatic rings. The van der Waals surface area contributed by atoms with Crippen LogP contribution in [0.15, 0.2) is 120 Å². The van der Waals surface area contributed by atoms with E-state index in [2.05, 4.69) is 127 Å². The van der Waals surface area contributed by atoms with Crippen LogP contribution < -0.4 is 35.9 Å². The van der Waals surface area contributed by atoms with Crippen LogP contribution in [0.3, 0.4) is 0 Å². The van der Waals surface area contributed by atoms with Crippen molar-refractivity contribution in [1.29, 1.82) is 5.26 Å². The molecule has 0 spiro atoms. The van der Waals surface area contributed by atoms with Crippen molar-refractivity contribution in [3.63, 3.8) is 0 Å². The van der Waals surface area contributed by atoms with Gasteiger partial charge >= 0.3 is 0 Å². The molecule has 0 aliphatic carbocycles. The average Bonchev–Trinajstić information content (AvgIpc) is 1.17. The van der Waals surface area contributed by atoms with Gasteiger partial charge in [0.25, 0.3) is 5.91 Å². The Kier molecular flexibility index (Phi) is 49.5. The Morgan fingerprint density at radius 1 is 0.444 bits per heavy atom. The highest BCUT2D eigenvalue weighted by molar-refractivity contribution is 5.96. The number of carbonyl (C=O) groups is 7. The number of rotatable bonds is 36. The van der Waals surface area contributed by atoms with E-state index in [1.54, 1.807) is 90.9 Å². The van der Waals surface area contributed by atoms with Gasteiger partial charge in [-0.2, -0.15) is 5.26 Å². The number of ether oxygens (including phenoxy) is 3. The molecule has 6 atom stereocenters. The lowest BCUT2D eigenvalue weighted by molar-refractivity contribution is -0.134. The maximum atomic E-state index is 13.8. The Hall–Kier alpha value is -9.08. The fourth-order valence-corrected chi connectivity index (χ4v) is 16.5. The van der Waals surface area contributed by atoms with Crippen LogP contribution in [0.4, 0.5) is 0 Å². The van der Waals surface area contributed by atoms with Gasteiger partial charge in [0.15, 0.2) is 11.5 Å². The standard InChI is InChI=1S/C30H41N3O5.2C20H31N3O.C10H21N3O.C10H17N3O.C7H14N2O/c1-22(18-23-12-8-7-9-13-23)21-33(17-11-16-32-15-10-14-25(32)30(35)31(2)3)29(34)24-19-26(36-4)28(38-6)27(20-24)37-5;2*1-17(15-18-9-5-4-6-10-18)16-21-12-8-14-23-13-7-11-19(23)20(24)22(2)3;2*1-12(2)10(14)9-5-3-7-13(9)8-4-6-11;1-9(2)7(10)6-4-3-5-8-6/h7-9,12-13,18-20,25H,10-11,14-17,21H2,1-6H3;2*4-6,9-10,15,19,21H,7-8,11-14,16H2,1-3H3;9H,3-8,11H2,1-2H3;9H,3-5,7-8H2,1-2H3;6,8H,3-5H2,1-2H3/b22-18+;2*17-15+;;;/t25-;2*19-;2*9-;6-/m000000/s1. The predicted octanol–water partition coefficient (Wildman–Crippen LogP) is 9.61. The molecule has 4 aromatic carbocycles. The highest BCUT2D eigenvalue weighted by Gasteiger charge is 2.36. The van der Waals surface area contributed by atoms with E-state index in [4.69, 9.17) is 25.2 Å². The number of nitrogens with two attached hydrogens (primary N) is 1. The van der Waals surface area contributed by atoms with Crippen LogP contribution in [0, 0.1) is 11.3 Å². The Balaban J connectivity index is 0.000000279. The first-order valence-corrected chi connectivity index (χ1v) is 44.9. The summed E-state index contributed by atoms with van der Waals surface area (Å²) in [4.78, 5) is 109. The number of nitriles is 1. The van der Waals surface area contributed by atoms with Gasteiger partial charge in [0.1, 0.15) is 0 Å². The van der Waals surface area contributed by atoms with Gasteiger partial charge in [0.05, 0.1) is 63.6 Å². The van der Waals surface area contributed by atoms with Crippen molar-refractivity contribution in [3.8, 4) is 23.3 Å². The van der Waals surface area contributed by atoms with Gasteiger partial charge in [0.2, 0.25) is 41.2 Å². The molecule has 688 valence electrons. The fourth-order valence-electron chi connectivity index (χ4n) is 16.5. The van der Waals surface area contributed by atoms with Crippen LogP contribution >= 0.6 is 0 Å². The SMILES string of the molecule is C/C(=C\c1ccccc1)CNCCCN1CCC[C@H]1C(=O)N(C)C.C/C(=C\c1ccccc1)CNCCCN1CCC[C@H]1C(=O)N(C)C.CN(C)C(=O)[C@@H]1CCCN1.CN(C)C(=O)[C@@H]1CCCN1CCC#N.CN(C)C(=O)[C@@H]1CCCN1CCCN.COc1cc(C(=O)N(CCCN2CCC[C@H]2C(=O)N(C)C)C/C(C)=C/c2ccccc2)cc(OC)c1OC. The smallest absolute Gasteiger partial charge is 0.254 e. The molecule has 6 saturated heterocycles. The summed E-state index contributed by atoms with van der Waals surface area (Å²) in [5.41, 5.74) is 13.3. The Bertz CT molecular complexity index is 3820. The lowest BCUT2D eigenvalue weighted by atomic mass is 10.1. The van der Waals surface area contributed by atoms with Gasteiger partial charge in [0, 0.05) is 155 Å². The molecule has 6 heterocycles. The van der Waals surface area contributed by atoms with E-state index >= 15 is 0 Å². The van der Waals surface area contributed by atoms with Gasteiger partial charge < -0.3 is 70.2 Å². The third-order valence-electron chi connectivity index (χ3n) is 23.0. The first-order chi connectivity index (χ1) is 59.5. The lowest BCUT2D eigenvalue weighted by Crippen LogP contribution is -2.43. The van der Waals surface area contributed by atoms with Gasteiger partial charge in [-0.25, -0.2) is 0 Å². The molecule has 27 nitrogen and oxygen atoms in total. The van der Waals surface area contributed by atoms with E-state index in [1.165, 1.54) is 36.5 Å². The second-order valence-electron chi connectivity index (χ2n) is 34.3. The maximum Gasteiger partial charge on any atom is 0.254 e. The second kappa shape index (κ2) is 58.2. The molecule has 6 fully saturated rings. The van der Waals surface area contributed by atoms with Crippen molar-refractivity contribution in [2.45, 2.75) is 166 Å². The third-order valence-corrected chi connectivity index (χ3v) is 23.0. The molecular formula is C97H155N17O10. The van der Waals surface area contributed by atoms with Crippen molar-refractivity contribution >= 4 is 59.6 Å². The number of amides is 7. The van der Waals surface area contributed by atoms with E-state index in [9.17, 15) is 33.6 Å². The Labute approximate surface area is 744 Å². The van der Waals surface area contributed by atoms with Crippen molar-refractivity contribution < 1.29 is 47.8 Å². The molecule has 0 saturated carbocycles. The van der Waals surface area contributed by atoms with Crippen LogP contribution in [0.5, 0.6) is 17.2 Å². The first-order valence-electron chi connectivity index (χ1n) is 44.9. The topological polar surface area (TPSA) is 272 Å². The number of likely N-dealkylation sites (N-methyl/N-ethyl adjacent to an activating group) is 6. The molecule has 0 radical (unpaired) electrons. The monoisotopic (exact) mass is 1720 g/mol. The highest BCUT2D eigenvalue weighted by Crippen LogP contribution is 2.39. The summed E-state index contributed by atoms with van der Waals surface area (Å²) < 4.78 is 16.4. The number of likely N-dealkylation sites (tertiary alicyclic amines) is 5. The first kappa shape index (κ1) is 105. The third kappa shape index (κ3) is 36.8. The number of hydrogen-bond acceptors (Lipinski definition) is 20. The summed E-state index contributed by atoms with van der Waals surface area (Å²) in [5.74, 6) is 2.47. The molecule has 6 aliphatic heterocycles. The van der Waals surface area contributed by atoms with E-state index < -0.39 is 0 Å². The zero-order valence-electron chi connectivity index (χ0n) is 78.7. The van der Waals surface area contributed by atoms with Crippen LogP contribution in [0.25, 0.3) is 18.2 Å². The average molecular weight is 1720 g/mol. The van der Waals surface area contributed by atoms with Gasteiger partial charge in [-0.3, -0.25) is 58.1 Å². The van der Waals surface area contributed by atoms with Gasteiger partial charge in [-0.05, 0) is 211 Å². The number of hydrogen-bond donors (Lipinski definition) is 4. The number of benzene rings is 4. The van der Waals surface area contributed by atoms with Gasteiger partial charge in [-0.1, -0.05) is 126 Å². The second-order valence-corrected chi connectivity index (χ2v) is 34.3. The van der Waals surface area contributed by atoms with E-state index in [1.807, 2.05) is 96.6 Å². The summed E-state index contributed by atoms with van der Waals surface area (Å²) in [6, 6.07) is 36.7. The lowest BCUT2D eigenvalue weighted by Gasteiger charge is -2.28. The predicted molar refractivity (Wildman–Crippen MR) is 502 cm³/mol. The van der Waals surface area contributed by atoms with Crippen LogP contribution in [-0.4, -0.2) is 360 Å². The molecule has 6 aliphatic rings. The van der Waals surface area contributed by atoms with Crippen molar-refractivity contribution in [3.05, 3.63) is 142 Å². The largest absolute Gasteiger partial charge is 0.493 e. The van der Waals surface area contributed by atoms with Crippen LogP contribution in [0.2, 0.25) is 0 Å². The molecule has 5 N–H and O–H groups in total. The normalized spacial score (nSPS) is 19.1. The molecule has 124 heavy (non-hydrogen) atoms. The number of carbonyl (C=O) groups excluding carboxylic acids is 7. The quantitative estimate of drug-likeness (QED) is 0.0308. The molecule has 0 bridgehead atoms. The van der Waals surface area contributed by atoms with Gasteiger partial charge in [-0.15, -0.1) is 0 Å². The zero-order chi connectivity index (χ0) is 91.0. The molecule has 0 aromatic heterocycles. The Morgan fingerprint density at radius 2 is 0.774 bits per heavy atom. The fraction of sp³-hybridized carbons (Fsp3) is 0.608. The summed E-state index contributed by atoms with van der Waals surface area (Å²) >= 11 is 0. The molecule has 27 heteroatoms. The summed E-state index contributed by atoms with van der Waals surface area (Å²) in [5, 5.41) is 18.6. The number of nitrogens with one attached hydrogen (secondary N) is 3. The van der Waals surface area contributed by atoms with E-state index in [0.717, 1.165) is 212 Å². The minimum atomic E-state index is -0.118. The molecule has 7 amide bonds. The maximum absolute atomic E-state index is 13.8. The van der Waals surface area contributed by atoms with Crippen LogP contribution in [0.1, 0.15) is 157 Å². The van der Waals surface area contributed by atoms with E-state index in [-0.39, 0.29) is 77.6 Å². The van der Waals surface area contributed by atoms with Crippen LogP contribution in [-0.2, 0) is 28.8 Å². The number of methoxy groups -OCH3 is 3. The molecule has 10 rings (SSSR count). The van der Waals surface area contributed by atoms with Crippen molar-refractivity contribution in [1.82, 2.24) is 74.7 Å².